The van der Waals surface area contributed by atoms with Gasteiger partial charge in [0.2, 0.25) is 0 Å². The zero-order valence-corrected chi connectivity index (χ0v) is 10.5. The molecule has 0 saturated heterocycles. The fourth-order valence-electron chi connectivity index (χ4n) is 1.42. The van der Waals surface area contributed by atoms with E-state index in [2.05, 4.69) is 9.97 Å². The number of rotatable bonds is 3. The van der Waals surface area contributed by atoms with Crippen molar-refractivity contribution in [2.45, 2.75) is 17.0 Å². The molecular formula is C12H11FN4S. The maximum atomic E-state index is 13.6. The van der Waals surface area contributed by atoms with E-state index in [9.17, 15) is 4.39 Å². The lowest BCUT2D eigenvalue weighted by Crippen LogP contribution is -2.14. The van der Waals surface area contributed by atoms with Crippen LogP contribution in [0, 0.1) is 18.2 Å². The number of aromatic nitrogens is 2. The summed E-state index contributed by atoms with van der Waals surface area (Å²) < 4.78 is 13.6. The number of hydrogen-bond donors (Lipinski definition) is 2. The molecule has 18 heavy (non-hydrogen) atoms. The molecule has 0 fully saturated rings. The van der Waals surface area contributed by atoms with Crippen molar-refractivity contribution in [3.8, 4) is 0 Å². The number of nitrogens with zero attached hydrogens (tertiary/aromatic N) is 2. The monoisotopic (exact) mass is 262 g/mol. The second-order valence-corrected chi connectivity index (χ2v) is 4.62. The summed E-state index contributed by atoms with van der Waals surface area (Å²) in [6.07, 6.45) is 1.64. The fraction of sp³-hybridized carbons (Fsp3) is 0.0833. The summed E-state index contributed by atoms with van der Waals surface area (Å²) in [6, 6.07) is 6.31. The van der Waals surface area contributed by atoms with Crippen LogP contribution in [0.4, 0.5) is 4.39 Å². The summed E-state index contributed by atoms with van der Waals surface area (Å²) in [5.74, 6) is -0.816. The molecule has 0 atom stereocenters. The van der Waals surface area contributed by atoms with Gasteiger partial charge in [0.1, 0.15) is 11.7 Å². The summed E-state index contributed by atoms with van der Waals surface area (Å²) in [7, 11) is 0. The zero-order valence-electron chi connectivity index (χ0n) is 9.64. The molecule has 0 aliphatic rings. The Balaban J connectivity index is 2.40. The Bertz CT molecular complexity index is 600. The molecule has 0 aliphatic heterocycles. The van der Waals surface area contributed by atoms with E-state index in [1.807, 2.05) is 6.92 Å². The van der Waals surface area contributed by atoms with Gasteiger partial charge in [0.25, 0.3) is 0 Å². The molecule has 0 bridgehead atoms. The molecule has 1 aromatic heterocycles. The second kappa shape index (κ2) is 5.14. The van der Waals surface area contributed by atoms with Gasteiger partial charge in [0.15, 0.2) is 5.16 Å². The highest BCUT2D eigenvalue weighted by Crippen LogP contribution is 2.29. The summed E-state index contributed by atoms with van der Waals surface area (Å²) in [4.78, 5) is 8.84. The largest absolute Gasteiger partial charge is 0.384 e. The lowest BCUT2D eigenvalue weighted by molar-refractivity contribution is 0.621. The molecule has 2 aromatic rings. The van der Waals surface area contributed by atoms with Crippen LogP contribution in [0.3, 0.4) is 0 Å². The first-order valence-electron chi connectivity index (χ1n) is 5.18. The molecule has 0 aliphatic carbocycles. The van der Waals surface area contributed by atoms with E-state index in [4.69, 9.17) is 11.1 Å². The van der Waals surface area contributed by atoms with E-state index in [-0.39, 0.29) is 11.4 Å². The highest BCUT2D eigenvalue weighted by molar-refractivity contribution is 7.99. The van der Waals surface area contributed by atoms with E-state index in [0.717, 1.165) is 5.69 Å². The Morgan fingerprint density at radius 1 is 1.39 bits per heavy atom. The fourth-order valence-corrected chi connectivity index (χ4v) is 2.38. The van der Waals surface area contributed by atoms with Gasteiger partial charge < -0.3 is 5.73 Å². The van der Waals surface area contributed by atoms with Crippen LogP contribution < -0.4 is 5.73 Å². The van der Waals surface area contributed by atoms with Crippen molar-refractivity contribution >= 4 is 17.6 Å². The van der Waals surface area contributed by atoms with Gasteiger partial charge in [-0.25, -0.2) is 14.4 Å². The van der Waals surface area contributed by atoms with Crippen molar-refractivity contribution in [1.82, 2.24) is 9.97 Å². The molecule has 92 valence electrons. The average Bonchev–Trinajstić information content (AvgIpc) is 2.28. The van der Waals surface area contributed by atoms with Gasteiger partial charge in [-0.05, 0) is 36.9 Å². The molecule has 4 nitrogen and oxygen atoms in total. The van der Waals surface area contributed by atoms with Crippen LogP contribution in [-0.2, 0) is 0 Å². The molecule has 0 unspecified atom stereocenters. The minimum atomic E-state index is -0.514. The minimum Gasteiger partial charge on any atom is -0.384 e. The lowest BCUT2D eigenvalue weighted by atomic mass is 10.2. The maximum absolute atomic E-state index is 13.6. The second-order valence-electron chi connectivity index (χ2n) is 3.61. The Kier molecular flexibility index (Phi) is 3.57. The quantitative estimate of drug-likeness (QED) is 0.506. The Hall–Kier alpha value is -1.95. The number of nitrogens with one attached hydrogen (secondary N) is 1. The summed E-state index contributed by atoms with van der Waals surface area (Å²) in [5.41, 5.74) is 6.31. The first kappa shape index (κ1) is 12.5. The van der Waals surface area contributed by atoms with Crippen LogP contribution in [0.15, 0.2) is 40.5 Å². The number of aryl methyl sites for hydroxylation is 1. The van der Waals surface area contributed by atoms with Crippen LogP contribution in [0.5, 0.6) is 0 Å². The maximum Gasteiger partial charge on any atom is 0.192 e. The molecule has 0 amide bonds. The molecule has 0 radical (unpaired) electrons. The van der Waals surface area contributed by atoms with Gasteiger partial charge in [0, 0.05) is 16.8 Å². The molecule has 0 spiro atoms. The van der Waals surface area contributed by atoms with Crippen molar-refractivity contribution in [3.05, 3.63) is 47.5 Å². The average molecular weight is 262 g/mol. The normalized spacial score (nSPS) is 10.3. The first-order valence-corrected chi connectivity index (χ1v) is 6.00. The summed E-state index contributed by atoms with van der Waals surface area (Å²) >= 11 is 1.19. The van der Waals surface area contributed by atoms with Gasteiger partial charge in [-0.15, -0.1) is 0 Å². The van der Waals surface area contributed by atoms with Gasteiger partial charge in [-0.1, -0.05) is 6.07 Å². The number of halogens is 1. The molecular weight excluding hydrogens is 251 g/mol. The van der Waals surface area contributed by atoms with Crippen molar-refractivity contribution < 1.29 is 4.39 Å². The Morgan fingerprint density at radius 2 is 2.17 bits per heavy atom. The van der Waals surface area contributed by atoms with Gasteiger partial charge in [0.05, 0.1) is 5.56 Å². The van der Waals surface area contributed by atoms with Crippen LogP contribution in [0.2, 0.25) is 0 Å². The Morgan fingerprint density at radius 3 is 2.83 bits per heavy atom. The van der Waals surface area contributed by atoms with E-state index >= 15 is 0 Å². The van der Waals surface area contributed by atoms with Crippen LogP contribution in [0.1, 0.15) is 11.3 Å². The van der Waals surface area contributed by atoms with E-state index in [0.29, 0.717) is 10.1 Å². The molecule has 6 heteroatoms. The molecule has 0 saturated carbocycles. The van der Waals surface area contributed by atoms with Gasteiger partial charge in [-0.2, -0.15) is 0 Å². The Labute approximate surface area is 108 Å². The van der Waals surface area contributed by atoms with E-state index in [1.54, 1.807) is 24.4 Å². The van der Waals surface area contributed by atoms with Crippen molar-refractivity contribution in [2.75, 3.05) is 0 Å². The van der Waals surface area contributed by atoms with Crippen LogP contribution in [0.25, 0.3) is 0 Å². The highest BCUT2D eigenvalue weighted by Gasteiger charge is 2.13. The zero-order chi connectivity index (χ0) is 13.1. The highest BCUT2D eigenvalue weighted by atomic mass is 32.2. The third kappa shape index (κ3) is 2.65. The number of nitrogen functional groups attached to an aromatic ring is 1. The number of benzene rings is 1. The molecule has 3 N–H and O–H groups in total. The van der Waals surface area contributed by atoms with Crippen molar-refractivity contribution in [3.63, 3.8) is 0 Å². The number of hydrogen-bond acceptors (Lipinski definition) is 4. The van der Waals surface area contributed by atoms with Crippen LogP contribution >= 0.6 is 11.8 Å². The smallest absolute Gasteiger partial charge is 0.192 e. The van der Waals surface area contributed by atoms with E-state index in [1.165, 1.54) is 17.8 Å². The van der Waals surface area contributed by atoms with Gasteiger partial charge in [-0.3, -0.25) is 5.41 Å². The first-order chi connectivity index (χ1) is 8.58. The minimum absolute atomic E-state index is 0.0904. The molecule has 2 rings (SSSR count). The third-order valence-corrected chi connectivity index (χ3v) is 3.16. The number of nitrogens with two attached hydrogens (primary N) is 1. The predicted octanol–water partition coefficient (Wildman–Crippen LogP) is 2.36. The number of amidine groups is 1. The third-order valence-electron chi connectivity index (χ3n) is 2.22. The summed E-state index contributed by atoms with van der Waals surface area (Å²) in [6.45, 7) is 1.85. The molecule has 1 heterocycles. The van der Waals surface area contributed by atoms with Crippen molar-refractivity contribution in [2.24, 2.45) is 5.73 Å². The van der Waals surface area contributed by atoms with Crippen molar-refractivity contribution in [1.29, 1.82) is 5.41 Å². The van der Waals surface area contributed by atoms with Crippen LogP contribution in [-0.4, -0.2) is 15.8 Å². The molecule has 1 aromatic carbocycles. The SMILES string of the molecule is Cc1ccnc(Sc2cccc(F)c2C(=N)N)n1. The predicted molar refractivity (Wildman–Crippen MR) is 68.3 cm³/mol. The van der Waals surface area contributed by atoms with Gasteiger partial charge >= 0.3 is 0 Å². The standard InChI is InChI=1S/C12H11FN4S/c1-7-5-6-16-12(17-7)18-9-4-2-3-8(13)10(9)11(14)15/h2-6H,1H3,(H3,14,15). The van der Waals surface area contributed by atoms with E-state index < -0.39 is 5.82 Å². The lowest BCUT2D eigenvalue weighted by Gasteiger charge is -2.07. The summed E-state index contributed by atoms with van der Waals surface area (Å²) in [5, 5.41) is 7.91. The topological polar surface area (TPSA) is 75.7 Å².